The zero-order chi connectivity index (χ0) is 15.7. The molecule has 0 aliphatic carbocycles. The van der Waals surface area contributed by atoms with E-state index in [1.807, 2.05) is 32.0 Å². The lowest BCUT2D eigenvalue weighted by molar-refractivity contribution is 0.239. The summed E-state index contributed by atoms with van der Waals surface area (Å²) in [5.74, 6) is 0.922. The van der Waals surface area contributed by atoms with Gasteiger partial charge in [-0.1, -0.05) is 25.4 Å². The fourth-order valence-electron chi connectivity index (χ4n) is 2.25. The Morgan fingerprint density at radius 2 is 1.95 bits per heavy atom. The molecule has 1 aromatic rings. The highest BCUT2D eigenvalue weighted by Gasteiger charge is 2.06. The molecule has 0 atom stereocenters. The lowest BCUT2D eigenvalue weighted by Gasteiger charge is -2.18. The summed E-state index contributed by atoms with van der Waals surface area (Å²) < 4.78 is 5.82. The van der Waals surface area contributed by atoms with E-state index in [1.165, 1.54) is 0 Å². The highest BCUT2D eigenvalue weighted by Crippen LogP contribution is 2.23. The van der Waals surface area contributed by atoms with Crippen molar-refractivity contribution in [2.24, 2.45) is 0 Å². The molecule has 0 heterocycles. The predicted octanol–water partition coefficient (Wildman–Crippen LogP) is 3.95. The van der Waals surface area contributed by atoms with Gasteiger partial charge in [0.25, 0.3) is 0 Å². The van der Waals surface area contributed by atoms with Gasteiger partial charge in [-0.3, -0.25) is 0 Å². The van der Waals surface area contributed by atoms with Crippen LogP contribution in [0.25, 0.3) is 0 Å². The molecule has 0 aromatic heterocycles. The fourth-order valence-corrected chi connectivity index (χ4v) is 2.44. The van der Waals surface area contributed by atoms with Crippen molar-refractivity contribution >= 4 is 11.6 Å². The molecular formula is C17H29ClN2O. The van der Waals surface area contributed by atoms with Gasteiger partial charge in [-0.25, -0.2) is 0 Å². The molecule has 3 nitrogen and oxygen atoms in total. The maximum Gasteiger partial charge on any atom is 0.124 e. The minimum atomic E-state index is 0.174. The van der Waals surface area contributed by atoms with E-state index in [9.17, 15) is 0 Å². The first-order valence-corrected chi connectivity index (χ1v) is 8.32. The second-order valence-corrected chi connectivity index (χ2v) is 5.91. The van der Waals surface area contributed by atoms with Gasteiger partial charge in [-0.15, -0.1) is 0 Å². The molecular weight excluding hydrogens is 284 g/mol. The van der Waals surface area contributed by atoms with Crippen LogP contribution in [0.1, 0.15) is 39.7 Å². The van der Waals surface area contributed by atoms with Crippen LogP contribution in [0.5, 0.6) is 5.75 Å². The molecule has 0 bridgehead atoms. The lowest BCUT2D eigenvalue weighted by Crippen LogP contribution is -2.27. The molecule has 1 aromatic carbocycles. The standard InChI is InChI=1S/C17H29ClN2O/c1-5-20(6-2)11-7-10-19-13-15-12-16(18)8-9-17(15)21-14(3)4/h8-9,12,14,19H,5-7,10-11,13H2,1-4H3. The molecule has 120 valence electrons. The second kappa shape index (κ2) is 10.0. The summed E-state index contributed by atoms with van der Waals surface area (Å²) in [6.45, 7) is 13.7. The molecule has 0 aliphatic heterocycles. The van der Waals surface area contributed by atoms with E-state index >= 15 is 0 Å². The number of ether oxygens (including phenoxy) is 1. The van der Waals surface area contributed by atoms with E-state index < -0.39 is 0 Å². The third-order valence-corrected chi connectivity index (χ3v) is 3.66. The first-order chi connectivity index (χ1) is 10.1. The van der Waals surface area contributed by atoms with Crippen LogP contribution < -0.4 is 10.1 Å². The van der Waals surface area contributed by atoms with Gasteiger partial charge in [-0.2, -0.15) is 0 Å². The first-order valence-electron chi connectivity index (χ1n) is 7.95. The number of halogens is 1. The quantitative estimate of drug-likeness (QED) is 0.662. The molecule has 0 saturated carbocycles. The van der Waals surface area contributed by atoms with Crippen LogP contribution in [0.2, 0.25) is 5.02 Å². The largest absolute Gasteiger partial charge is 0.491 e. The van der Waals surface area contributed by atoms with Crippen molar-refractivity contribution in [3.05, 3.63) is 28.8 Å². The molecule has 4 heteroatoms. The topological polar surface area (TPSA) is 24.5 Å². The predicted molar refractivity (Wildman–Crippen MR) is 91.3 cm³/mol. The number of hydrogen-bond acceptors (Lipinski definition) is 3. The molecule has 0 fully saturated rings. The van der Waals surface area contributed by atoms with Crippen LogP contribution in [0, 0.1) is 0 Å². The van der Waals surface area contributed by atoms with Crippen LogP contribution in [0.15, 0.2) is 18.2 Å². The van der Waals surface area contributed by atoms with Gasteiger partial charge in [0, 0.05) is 17.1 Å². The van der Waals surface area contributed by atoms with Gasteiger partial charge in [0.2, 0.25) is 0 Å². The van der Waals surface area contributed by atoms with Crippen LogP contribution in [-0.2, 0) is 6.54 Å². The van der Waals surface area contributed by atoms with E-state index in [0.29, 0.717) is 0 Å². The average molecular weight is 313 g/mol. The minimum absolute atomic E-state index is 0.174. The summed E-state index contributed by atoms with van der Waals surface area (Å²) in [5, 5.41) is 4.24. The Bertz CT molecular complexity index is 406. The Morgan fingerprint density at radius 1 is 1.24 bits per heavy atom. The molecule has 1 N–H and O–H groups in total. The van der Waals surface area contributed by atoms with Crippen molar-refractivity contribution in [2.45, 2.75) is 46.8 Å². The molecule has 0 radical (unpaired) electrons. The Morgan fingerprint density at radius 3 is 2.57 bits per heavy atom. The maximum atomic E-state index is 6.08. The minimum Gasteiger partial charge on any atom is -0.491 e. The van der Waals surface area contributed by atoms with Gasteiger partial charge < -0.3 is 15.0 Å². The first kappa shape index (κ1) is 18.3. The summed E-state index contributed by atoms with van der Waals surface area (Å²) in [4.78, 5) is 2.44. The second-order valence-electron chi connectivity index (χ2n) is 5.48. The number of nitrogens with one attached hydrogen (secondary N) is 1. The van der Waals surface area contributed by atoms with Crippen LogP contribution >= 0.6 is 11.6 Å². The lowest BCUT2D eigenvalue weighted by atomic mass is 10.2. The number of hydrogen-bond donors (Lipinski definition) is 1. The monoisotopic (exact) mass is 312 g/mol. The normalized spacial score (nSPS) is 11.4. The molecule has 0 saturated heterocycles. The van der Waals surface area contributed by atoms with Crippen LogP contribution in [-0.4, -0.2) is 37.2 Å². The smallest absolute Gasteiger partial charge is 0.124 e. The van der Waals surface area contributed by atoms with Gasteiger partial charge >= 0.3 is 0 Å². The molecule has 0 spiro atoms. The highest BCUT2D eigenvalue weighted by atomic mass is 35.5. The van der Waals surface area contributed by atoms with Gasteiger partial charge in [0.05, 0.1) is 6.10 Å². The summed E-state index contributed by atoms with van der Waals surface area (Å²) in [6, 6.07) is 5.81. The van der Waals surface area contributed by atoms with E-state index in [2.05, 4.69) is 24.1 Å². The van der Waals surface area contributed by atoms with E-state index in [-0.39, 0.29) is 6.10 Å². The Hall–Kier alpha value is -0.770. The molecule has 0 aliphatic rings. The van der Waals surface area contributed by atoms with Crippen LogP contribution in [0.4, 0.5) is 0 Å². The van der Waals surface area contributed by atoms with E-state index in [4.69, 9.17) is 16.3 Å². The number of nitrogens with zero attached hydrogens (tertiary/aromatic N) is 1. The third-order valence-electron chi connectivity index (χ3n) is 3.42. The molecule has 0 unspecified atom stereocenters. The van der Waals surface area contributed by atoms with Crippen molar-refractivity contribution in [3.63, 3.8) is 0 Å². The van der Waals surface area contributed by atoms with Crippen molar-refractivity contribution in [3.8, 4) is 5.75 Å². The van der Waals surface area contributed by atoms with Gasteiger partial charge in [-0.05, 0) is 64.6 Å². The number of benzene rings is 1. The zero-order valence-electron chi connectivity index (χ0n) is 13.8. The van der Waals surface area contributed by atoms with Crippen LogP contribution in [0.3, 0.4) is 0 Å². The highest BCUT2D eigenvalue weighted by molar-refractivity contribution is 6.30. The SMILES string of the molecule is CCN(CC)CCCNCc1cc(Cl)ccc1OC(C)C. The van der Waals surface area contributed by atoms with Crippen molar-refractivity contribution in [1.82, 2.24) is 10.2 Å². The zero-order valence-corrected chi connectivity index (χ0v) is 14.5. The van der Waals surface area contributed by atoms with Crippen molar-refractivity contribution in [2.75, 3.05) is 26.2 Å². The van der Waals surface area contributed by atoms with Crippen molar-refractivity contribution < 1.29 is 4.74 Å². The fraction of sp³-hybridized carbons (Fsp3) is 0.647. The van der Waals surface area contributed by atoms with E-state index in [0.717, 1.165) is 55.5 Å². The van der Waals surface area contributed by atoms with Gasteiger partial charge in [0.1, 0.15) is 5.75 Å². The Balaban J connectivity index is 2.42. The molecule has 0 amide bonds. The molecule has 1 rings (SSSR count). The van der Waals surface area contributed by atoms with Gasteiger partial charge in [0.15, 0.2) is 0 Å². The Kier molecular flexibility index (Phi) is 8.74. The summed E-state index contributed by atoms with van der Waals surface area (Å²) in [7, 11) is 0. The summed E-state index contributed by atoms with van der Waals surface area (Å²) in [5.41, 5.74) is 1.12. The summed E-state index contributed by atoms with van der Waals surface area (Å²) >= 11 is 6.08. The number of rotatable bonds is 10. The maximum absolute atomic E-state index is 6.08. The Labute approximate surface area is 134 Å². The third kappa shape index (κ3) is 7.16. The van der Waals surface area contributed by atoms with Crippen molar-refractivity contribution in [1.29, 1.82) is 0 Å². The molecule has 21 heavy (non-hydrogen) atoms. The van der Waals surface area contributed by atoms with E-state index in [1.54, 1.807) is 0 Å². The average Bonchev–Trinajstić information content (AvgIpc) is 2.45. The summed E-state index contributed by atoms with van der Waals surface area (Å²) in [6.07, 6.45) is 1.33.